The summed E-state index contributed by atoms with van der Waals surface area (Å²) in [6.45, 7) is 0. The van der Waals surface area contributed by atoms with E-state index in [0.717, 1.165) is 5.02 Å². The highest BCUT2D eigenvalue weighted by atomic mass is 35.5. The normalized spacial score (nSPS) is 17.5. The molecule has 1 fully saturated rings. The quantitative estimate of drug-likeness (QED) is 0.694. The van der Waals surface area contributed by atoms with E-state index in [0.29, 0.717) is 5.92 Å². The molecule has 1 saturated carbocycles. The largest absolute Gasteiger partial charge is 0.260 e. The van der Waals surface area contributed by atoms with E-state index in [4.69, 9.17) is 11.6 Å². The number of aromatic nitrogens is 1. The SMILES string of the molecule is Clc1ccc2c(C3CCCCC3)nccc2c1. The van der Waals surface area contributed by atoms with Crippen molar-refractivity contribution in [2.45, 2.75) is 38.0 Å². The van der Waals surface area contributed by atoms with Gasteiger partial charge in [-0.15, -0.1) is 0 Å². The van der Waals surface area contributed by atoms with Crippen molar-refractivity contribution in [2.24, 2.45) is 0 Å². The van der Waals surface area contributed by atoms with Gasteiger partial charge in [0.1, 0.15) is 0 Å². The maximum atomic E-state index is 6.04. The molecule has 2 aromatic rings. The van der Waals surface area contributed by atoms with Crippen LogP contribution in [0.25, 0.3) is 10.8 Å². The fourth-order valence-electron chi connectivity index (χ4n) is 2.87. The number of hydrogen-bond acceptors (Lipinski definition) is 1. The average molecular weight is 246 g/mol. The molecule has 3 rings (SSSR count). The van der Waals surface area contributed by atoms with E-state index in [9.17, 15) is 0 Å². The maximum Gasteiger partial charge on any atom is 0.0512 e. The van der Waals surface area contributed by atoms with Gasteiger partial charge in [-0.2, -0.15) is 0 Å². The Kier molecular flexibility index (Phi) is 3.02. The molecule has 0 atom stereocenters. The van der Waals surface area contributed by atoms with Gasteiger partial charge in [-0.3, -0.25) is 4.98 Å². The standard InChI is InChI=1S/C15H16ClN/c16-13-6-7-14-12(10-13)8-9-17-15(14)11-4-2-1-3-5-11/h6-11H,1-5H2. The first-order valence-corrected chi connectivity index (χ1v) is 6.76. The van der Waals surface area contributed by atoms with Crippen molar-refractivity contribution in [3.63, 3.8) is 0 Å². The van der Waals surface area contributed by atoms with Crippen LogP contribution in [0.2, 0.25) is 5.02 Å². The third-order valence-electron chi connectivity index (χ3n) is 3.75. The summed E-state index contributed by atoms with van der Waals surface area (Å²) in [6, 6.07) is 8.17. The van der Waals surface area contributed by atoms with Crippen molar-refractivity contribution in [3.05, 3.63) is 41.2 Å². The van der Waals surface area contributed by atoms with E-state index < -0.39 is 0 Å². The summed E-state index contributed by atoms with van der Waals surface area (Å²) in [6.07, 6.45) is 8.56. The molecule has 17 heavy (non-hydrogen) atoms. The predicted octanol–water partition coefficient (Wildman–Crippen LogP) is 4.94. The van der Waals surface area contributed by atoms with Crippen LogP contribution in [0, 0.1) is 0 Å². The second kappa shape index (κ2) is 4.66. The van der Waals surface area contributed by atoms with Gasteiger partial charge in [0.05, 0.1) is 5.69 Å². The van der Waals surface area contributed by atoms with Crippen LogP contribution in [0.4, 0.5) is 0 Å². The van der Waals surface area contributed by atoms with Crippen molar-refractivity contribution in [1.29, 1.82) is 0 Å². The Bertz CT molecular complexity index is 529. The molecule has 1 aliphatic carbocycles. The molecular formula is C15H16ClN. The van der Waals surface area contributed by atoms with Gasteiger partial charge in [0, 0.05) is 22.5 Å². The fraction of sp³-hybridized carbons (Fsp3) is 0.400. The molecule has 0 amide bonds. The van der Waals surface area contributed by atoms with Gasteiger partial charge in [0.15, 0.2) is 0 Å². The zero-order valence-corrected chi connectivity index (χ0v) is 10.6. The summed E-state index contributed by atoms with van der Waals surface area (Å²) in [7, 11) is 0. The molecular weight excluding hydrogens is 230 g/mol. The lowest BCUT2D eigenvalue weighted by Crippen LogP contribution is -2.06. The van der Waals surface area contributed by atoms with Crippen LogP contribution in [0.3, 0.4) is 0 Å². The predicted molar refractivity (Wildman–Crippen MR) is 72.6 cm³/mol. The zero-order valence-electron chi connectivity index (χ0n) is 9.82. The molecule has 0 N–H and O–H groups in total. The lowest BCUT2D eigenvalue weighted by Gasteiger charge is -2.22. The molecule has 0 saturated heterocycles. The van der Waals surface area contributed by atoms with Gasteiger partial charge in [-0.05, 0) is 36.4 Å². The topological polar surface area (TPSA) is 12.9 Å². The smallest absolute Gasteiger partial charge is 0.0512 e. The molecule has 1 heterocycles. The molecule has 1 aromatic carbocycles. The molecule has 2 heteroatoms. The first-order valence-electron chi connectivity index (χ1n) is 6.39. The highest BCUT2D eigenvalue weighted by Gasteiger charge is 2.18. The van der Waals surface area contributed by atoms with Crippen LogP contribution in [0.1, 0.15) is 43.7 Å². The number of pyridine rings is 1. The first-order chi connectivity index (χ1) is 8.34. The highest BCUT2D eigenvalue weighted by Crippen LogP contribution is 2.35. The van der Waals surface area contributed by atoms with E-state index in [2.05, 4.69) is 11.1 Å². The third-order valence-corrected chi connectivity index (χ3v) is 3.98. The Morgan fingerprint density at radius 3 is 2.71 bits per heavy atom. The Labute approximate surface area is 107 Å². The molecule has 1 nitrogen and oxygen atoms in total. The minimum absolute atomic E-state index is 0.647. The van der Waals surface area contributed by atoms with Crippen molar-refractivity contribution in [3.8, 4) is 0 Å². The summed E-state index contributed by atoms with van der Waals surface area (Å²) in [5.41, 5.74) is 1.28. The number of hydrogen-bond donors (Lipinski definition) is 0. The highest BCUT2D eigenvalue weighted by molar-refractivity contribution is 6.31. The van der Waals surface area contributed by atoms with Crippen LogP contribution < -0.4 is 0 Å². The molecule has 0 bridgehead atoms. The van der Waals surface area contributed by atoms with Gasteiger partial charge in [0.25, 0.3) is 0 Å². The summed E-state index contributed by atoms with van der Waals surface area (Å²) >= 11 is 6.04. The van der Waals surface area contributed by atoms with E-state index >= 15 is 0 Å². The van der Waals surface area contributed by atoms with Crippen LogP contribution >= 0.6 is 11.6 Å². The van der Waals surface area contributed by atoms with Crippen molar-refractivity contribution in [2.75, 3.05) is 0 Å². The molecule has 0 aliphatic heterocycles. The van der Waals surface area contributed by atoms with Crippen LogP contribution in [0.15, 0.2) is 30.5 Å². The molecule has 0 spiro atoms. The third kappa shape index (κ3) is 2.16. The maximum absolute atomic E-state index is 6.04. The van der Waals surface area contributed by atoms with Gasteiger partial charge in [0.2, 0.25) is 0 Å². The zero-order chi connectivity index (χ0) is 11.7. The number of fused-ring (bicyclic) bond motifs is 1. The van der Waals surface area contributed by atoms with Crippen LogP contribution in [-0.4, -0.2) is 4.98 Å². The van der Waals surface area contributed by atoms with Crippen LogP contribution in [-0.2, 0) is 0 Å². The van der Waals surface area contributed by atoms with E-state index in [1.54, 1.807) is 0 Å². The summed E-state index contributed by atoms with van der Waals surface area (Å²) in [5.74, 6) is 0.647. The first kappa shape index (κ1) is 11.0. The van der Waals surface area contributed by atoms with E-state index in [-0.39, 0.29) is 0 Å². The summed E-state index contributed by atoms with van der Waals surface area (Å²) < 4.78 is 0. The minimum Gasteiger partial charge on any atom is -0.260 e. The summed E-state index contributed by atoms with van der Waals surface area (Å²) in [5, 5.41) is 3.30. The minimum atomic E-state index is 0.647. The molecule has 1 aliphatic rings. The van der Waals surface area contributed by atoms with Crippen molar-refractivity contribution >= 4 is 22.4 Å². The monoisotopic (exact) mass is 245 g/mol. The molecule has 0 radical (unpaired) electrons. The van der Waals surface area contributed by atoms with Gasteiger partial charge in [-0.25, -0.2) is 0 Å². The van der Waals surface area contributed by atoms with Gasteiger partial charge < -0.3 is 0 Å². The molecule has 1 aromatic heterocycles. The molecule has 0 unspecified atom stereocenters. The number of halogens is 1. The van der Waals surface area contributed by atoms with E-state index in [1.807, 2.05) is 24.4 Å². The number of benzene rings is 1. The van der Waals surface area contributed by atoms with Gasteiger partial charge >= 0.3 is 0 Å². The molecule has 88 valence electrons. The Hall–Kier alpha value is -1.08. The van der Waals surface area contributed by atoms with E-state index in [1.165, 1.54) is 48.6 Å². The fourth-order valence-corrected chi connectivity index (χ4v) is 3.05. The van der Waals surface area contributed by atoms with Crippen molar-refractivity contribution < 1.29 is 0 Å². The van der Waals surface area contributed by atoms with Gasteiger partial charge in [-0.1, -0.05) is 36.9 Å². The van der Waals surface area contributed by atoms with Crippen LogP contribution in [0.5, 0.6) is 0 Å². The second-order valence-corrected chi connectivity index (χ2v) is 5.33. The number of nitrogens with zero attached hydrogens (tertiary/aromatic N) is 1. The van der Waals surface area contributed by atoms with Crippen molar-refractivity contribution in [1.82, 2.24) is 4.98 Å². The Balaban J connectivity index is 2.09. The lowest BCUT2D eigenvalue weighted by atomic mass is 9.85. The lowest BCUT2D eigenvalue weighted by molar-refractivity contribution is 0.439. The second-order valence-electron chi connectivity index (χ2n) is 4.90. The average Bonchev–Trinajstić information content (AvgIpc) is 2.39. The number of rotatable bonds is 1. The Morgan fingerprint density at radius 2 is 1.88 bits per heavy atom. The Morgan fingerprint density at radius 1 is 1.06 bits per heavy atom. The summed E-state index contributed by atoms with van der Waals surface area (Å²) in [4.78, 5) is 4.62.